The first-order valence-corrected chi connectivity index (χ1v) is 25.7. The minimum atomic E-state index is -1.44. The fourth-order valence-electron chi connectivity index (χ4n) is 13.4. The van der Waals surface area contributed by atoms with E-state index in [4.69, 9.17) is 14.2 Å². The van der Waals surface area contributed by atoms with Gasteiger partial charge >= 0.3 is 5.97 Å². The molecule has 0 aromatic heterocycles. The molecule has 0 spiro atoms. The maximum absolute atomic E-state index is 12.6. The fraction of sp³-hybridized carbons (Fsp3) is 0.906. The van der Waals surface area contributed by atoms with Crippen molar-refractivity contribution in [1.82, 2.24) is 0 Å². The van der Waals surface area contributed by atoms with Crippen LogP contribution in [0, 0.1) is 46.3 Å². The van der Waals surface area contributed by atoms with Crippen LogP contribution in [0.3, 0.4) is 0 Å². The van der Waals surface area contributed by atoms with Crippen molar-refractivity contribution in [3.63, 3.8) is 0 Å². The molecule has 1 aliphatic heterocycles. The van der Waals surface area contributed by atoms with E-state index in [0.29, 0.717) is 23.7 Å². The number of ether oxygens (including phenoxy) is 3. The highest BCUT2D eigenvalue weighted by molar-refractivity contribution is 5.69. The fourth-order valence-corrected chi connectivity index (χ4v) is 13.4. The second-order valence-corrected chi connectivity index (χ2v) is 21.4. The Morgan fingerprint density at radius 1 is 0.817 bits per heavy atom. The lowest BCUT2D eigenvalue weighted by Crippen LogP contribution is -2.60. The number of esters is 1. The molecule has 7 heteroatoms. The van der Waals surface area contributed by atoms with E-state index in [-0.39, 0.29) is 24.1 Å². The topological polar surface area (TPSA) is 105 Å². The highest BCUT2D eigenvalue weighted by Gasteiger charge is 2.59. The minimum Gasteiger partial charge on any atom is -0.463 e. The number of unbranched alkanes of at least 4 members (excludes halogenated alkanes) is 14. The summed E-state index contributed by atoms with van der Waals surface area (Å²) in [5, 5.41) is 32.5. The predicted octanol–water partition coefficient (Wildman–Crippen LogP) is 12.6. The van der Waals surface area contributed by atoms with Crippen LogP contribution in [-0.2, 0) is 19.0 Å². The third-order valence-corrected chi connectivity index (χ3v) is 17.4. The van der Waals surface area contributed by atoms with Crippen LogP contribution in [0.25, 0.3) is 0 Å². The molecule has 5 rings (SSSR count). The van der Waals surface area contributed by atoms with E-state index in [1.54, 1.807) is 0 Å². The van der Waals surface area contributed by atoms with Crippen molar-refractivity contribution in [2.75, 3.05) is 6.61 Å². The van der Waals surface area contributed by atoms with Crippen molar-refractivity contribution >= 4 is 5.97 Å². The first-order valence-electron chi connectivity index (χ1n) is 25.7. The van der Waals surface area contributed by atoms with Gasteiger partial charge in [-0.2, -0.15) is 0 Å². The average molecular weight is 841 g/mol. The highest BCUT2D eigenvalue weighted by atomic mass is 16.7. The summed E-state index contributed by atoms with van der Waals surface area (Å²) in [6.07, 6.45) is 28.6. The second-order valence-electron chi connectivity index (χ2n) is 21.4. The third-order valence-electron chi connectivity index (χ3n) is 17.4. The molecule has 4 aliphatic carbocycles. The van der Waals surface area contributed by atoms with Gasteiger partial charge in [-0.25, -0.2) is 0 Å². The molecule has 0 aromatic carbocycles. The molecule has 7 nitrogen and oxygen atoms in total. The van der Waals surface area contributed by atoms with Gasteiger partial charge in [0.1, 0.15) is 31.0 Å². The van der Waals surface area contributed by atoms with Crippen molar-refractivity contribution in [3.8, 4) is 0 Å². The summed E-state index contributed by atoms with van der Waals surface area (Å²) in [5.74, 6) is 4.15. The first-order chi connectivity index (χ1) is 28.8. The lowest BCUT2D eigenvalue weighted by atomic mass is 9.47. The van der Waals surface area contributed by atoms with Gasteiger partial charge in [-0.3, -0.25) is 4.79 Å². The number of rotatable bonds is 26. The number of aliphatic hydroxyl groups excluding tert-OH is 3. The molecule has 0 amide bonds. The van der Waals surface area contributed by atoms with Crippen LogP contribution in [-0.4, -0.2) is 64.7 Å². The number of allylic oxidation sites excluding steroid dienone is 2. The van der Waals surface area contributed by atoms with Crippen LogP contribution in [0.2, 0.25) is 0 Å². The molecule has 0 radical (unpaired) electrons. The molecular weight excluding hydrogens is 749 g/mol. The Kier molecular flexibility index (Phi) is 20.0. The monoisotopic (exact) mass is 841 g/mol. The summed E-state index contributed by atoms with van der Waals surface area (Å²) in [6, 6.07) is 0. The van der Waals surface area contributed by atoms with Crippen LogP contribution < -0.4 is 0 Å². The van der Waals surface area contributed by atoms with E-state index in [1.807, 2.05) is 0 Å². The largest absolute Gasteiger partial charge is 0.463 e. The van der Waals surface area contributed by atoms with Gasteiger partial charge in [-0.05, 0) is 130 Å². The minimum absolute atomic E-state index is 0.145. The van der Waals surface area contributed by atoms with Crippen LogP contribution in [0.1, 0.15) is 215 Å². The van der Waals surface area contributed by atoms with Crippen molar-refractivity contribution in [1.29, 1.82) is 0 Å². The summed E-state index contributed by atoms with van der Waals surface area (Å²) in [6.45, 7) is 18.6. The van der Waals surface area contributed by atoms with Gasteiger partial charge in [0.2, 0.25) is 0 Å². The van der Waals surface area contributed by atoms with Crippen molar-refractivity contribution in [2.24, 2.45) is 46.3 Å². The molecular formula is C53H92O7. The molecule has 3 N–H and O–H groups in total. The van der Waals surface area contributed by atoms with Gasteiger partial charge in [0.15, 0.2) is 6.29 Å². The predicted molar refractivity (Wildman–Crippen MR) is 244 cm³/mol. The Labute approximate surface area is 367 Å². The van der Waals surface area contributed by atoms with Crippen LogP contribution in [0.5, 0.6) is 0 Å². The molecule has 4 fully saturated rings. The summed E-state index contributed by atoms with van der Waals surface area (Å²) in [7, 11) is 0. The maximum Gasteiger partial charge on any atom is 0.305 e. The Hall–Kier alpha value is -1.25. The number of fused-ring (bicyclic) bond motifs is 5. The van der Waals surface area contributed by atoms with Gasteiger partial charge < -0.3 is 29.5 Å². The van der Waals surface area contributed by atoms with Crippen molar-refractivity contribution in [2.45, 2.75) is 252 Å². The average Bonchev–Trinajstić information content (AvgIpc) is 3.59. The van der Waals surface area contributed by atoms with Gasteiger partial charge in [0.05, 0.1) is 6.10 Å². The van der Waals surface area contributed by atoms with Crippen molar-refractivity contribution in [3.05, 3.63) is 23.8 Å². The molecule has 60 heavy (non-hydrogen) atoms. The van der Waals surface area contributed by atoms with Crippen LogP contribution >= 0.6 is 0 Å². The van der Waals surface area contributed by atoms with Gasteiger partial charge in [-0.15, -0.1) is 0 Å². The molecule has 0 aromatic rings. The Morgan fingerprint density at radius 2 is 1.45 bits per heavy atom. The Bertz CT molecular complexity index is 1330. The van der Waals surface area contributed by atoms with E-state index < -0.39 is 30.7 Å². The quantitative estimate of drug-likeness (QED) is 0.0452. The molecule has 5 aliphatic rings. The number of hydrogen-bond acceptors (Lipinski definition) is 7. The van der Waals surface area contributed by atoms with Crippen molar-refractivity contribution < 1.29 is 34.3 Å². The standard InChI is InChI=1S/C53H92O7/c1-8-10-11-12-13-14-15-16-17-18-19-20-21-22-23-24-47(54)58-36-46-48(55)49(56)50(57)51(60-46)59-41-31-33-52(6)40(35-41)27-28-42-44-30-29-43(53(44,7)34-32-45(42)52)38(5)25-26-39(9-2)37(3)4/h27,38-39,41-46,48-51,55-57H,3,8-26,28-36H2,1-2,4-7H3/t38-,39+,41+,42+,43-,44+,45+,46-,48-,49+,50-,51-,52+,53-/m1/s1. The normalized spacial score (nSPS) is 36.1. The summed E-state index contributed by atoms with van der Waals surface area (Å²) < 4.78 is 18.0. The van der Waals surface area contributed by atoms with E-state index >= 15 is 0 Å². The number of carbonyl (C=O) groups is 1. The van der Waals surface area contributed by atoms with Gasteiger partial charge in [0, 0.05) is 6.42 Å². The third kappa shape index (κ3) is 12.7. The summed E-state index contributed by atoms with van der Waals surface area (Å²) in [5.41, 5.74) is 3.44. The van der Waals surface area contributed by atoms with E-state index in [2.05, 4.69) is 54.2 Å². The van der Waals surface area contributed by atoms with E-state index in [0.717, 1.165) is 68.6 Å². The highest BCUT2D eigenvalue weighted by Crippen LogP contribution is 2.67. The van der Waals surface area contributed by atoms with E-state index in [1.165, 1.54) is 133 Å². The Morgan fingerprint density at radius 3 is 2.07 bits per heavy atom. The number of hydrogen-bond donors (Lipinski definition) is 3. The summed E-state index contributed by atoms with van der Waals surface area (Å²) >= 11 is 0. The van der Waals surface area contributed by atoms with Gasteiger partial charge in [-0.1, -0.05) is 148 Å². The van der Waals surface area contributed by atoms with E-state index in [9.17, 15) is 20.1 Å². The number of carbonyl (C=O) groups excluding carboxylic acids is 1. The number of aliphatic hydroxyl groups is 3. The molecule has 14 atom stereocenters. The smallest absolute Gasteiger partial charge is 0.305 e. The van der Waals surface area contributed by atoms with Crippen LogP contribution in [0.4, 0.5) is 0 Å². The van der Waals surface area contributed by atoms with Crippen LogP contribution in [0.15, 0.2) is 23.8 Å². The molecule has 0 bridgehead atoms. The molecule has 1 heterocycles. The summed E-state index contributed by atoms with van der Waals surface area (Å²) in [4.78, 5) is 12.6. The SMILES string of the molecule is C=C(C)[C@@H](CC)CC[C@@H](C)[C@H]1CC[C@H]2[C@@H]3CC=C4C[C@@H](O[C@@H]5O[C@H](COC(=O)CCCCCCCCCCCCCCCCC)[C@@H](O)[C@H](O)[C@H]5O)CC[C@]4(C)[C@H]3CC[C@]12C. The zero-order chi connectivity index (χ0) is 43.3. The maximum atomic E-state index is 12.6. The Balaban J connectivity index is 1.01. The lowest BCUT2D eigenvalue weighted by molar-refractivity contribution is -0.313. The molecule has 0 unspecified atom stereocenters. The zero-order valence-corrected chi connectivity index (χ0v) is 39.5. The molecule has 346 valence electrons. The zero-order valence-electron chi connectivity index (χ0n) is 39.5. The lowest BCUT2D eigenvalue weighted by Gasteiger charge is -2.58. The molecule has 1 saturated heterocycles. The van der Waals surface area contributed by atoms with Gasteiger partial charge in [0.25, 0.3) is 0 Å². The molecule has 3 saturated carbocycles. The first kappa shape index (κ1) is 49.8. The second kappa shape index (κ2) is 24.2.